The van der Waals surface area contributed by atoms with Crippen molar-refractivity contribution in [2.45, 2.75) is 6.54 Å². The molecule has 1 heterocycles. The summed E-state index contributed by atoms with van der Waals surface area (Å²) in [4.78, 5) is 24.2. The van der Waals surface area contributed by atoms with Crippen LogP contribution in [-0.2, 0) is 11.3 Å². The van der Waals surface area contributed by atoms with Gasteiger partial charge in [0.15, 0.2) is 18.2 Å². The number of rotatable bonds is 6. The number of pyridine rings is 1. The van der Waals surface area contributed by atoms with Crippen LogP contribution in [0, 0.1) is 5.82 Å². The highest BCUT2D eigenvalue weighted by Gasteiger charge is 2.09. The maximum atomic E-state index is 13.7. The fourth-order valence-electron chi connectivity index (χ4n) is 2.47. The molecule has 28 heavy (non-hydrogen) atoms. The molecule has 8 heteroatoms. The van der Waals surface area contributed by atoms with E-state index >= 15 is 0 Å². The standard InChI is InChI=1S/C20H15BrClFN2O3/c21-14-5-7-18(17(23)9-14)28-12-19(26)24-15-6-8-20(27)25(11-15)10-13-3-1-2-4-16(13)22/h1-9,11H,10,12H2,(H,24,26). The SMILES string of the molecule is O=C(COc1ccc(Br)cc1F)Nc1ccc(=O)n(Cc2ccccc2Cl)c1. The van der Waals surface area contributed by atoms with Crippen LogP contribution in [0.3, 0.4) is 0 Å². The third kappa shape index (κ3) is 5.21. The van der Waals surface area contributed by atoms with Gasteiger partial charge in [-0.1, -0.05) is 45.7 Å². The van der Waals surface area contributed by atoms with Crippen molar-refractivity contribution in [1.82, 2.24) is 4.57 Å². The lowest BCUT2D eigenvalue weighted by Gasteiger charge is -2.11. The number of hydrogen-bond donors (Lipinski definition) is 1. The first-order chi connectivity index (χ1) is 13.4. The van der Waals surface area contributed by atoms with Crippen LogP contribution < -0.4 is 15.6 Å². The van der Waals surface area contributed by atoms with Crippen LogP contribution in [0.5, 0.6) is 5.75 Å². The van der Waals surface area contributed by atoms with Crippen LogP contribution in [0.1, 0.15) is 5.56 Å². The van der Waals surface area contributed by atoms with Crippen LogP contribution in [0.15, 0.2) is 70.1 Å². The third-order valence-electron chi connectivity index (χ3n) is 3.82. The number of amides is 1. The lowest BCUT2D eigenvalue weighted by atomic mass is 10.2. The lowest BCUT2D eigenvalue weighted by molar-refractivity contribution is -0.118. The first-order valence-corrected chi connectivity index (χ1v) is 9.41. The third-order valence-corrected chi connectivity index (χ3v) is 4.68. The Morgan fingerprint density at radius 3 is 2.71 bits per heavy atom. The molecule has 0 saturated carbocycles. The summed E-state index contributed by atoms with van der Waals surface area (Å²) in [6, 6.07) is 14.3. The number of benzene rings is 2. The second-order valence-electron chi connectivity index (χ2n) is 5.89. The fraction of sp³-hybridized carbons (Fsp3) is 0.100. The van der Waals surface area contributed by atoms with E-state index < -0.39 is 11.7 Å². The van der Waals surface area contributed by atoms with E-state index in [-0.39, 0.29) is 24.5 Å². The quantitative estimate of drug-likeness (QED) is 0.584. The number of halogens is 3. The van der Waals surface area contributed by atoms with Crippen molar-refractivity contribution in [2.24, 2.45) is 0 Å². The molecule has 0 atom stereocenters. The maximum absolute atomic E-state index is 13.7. The van der Waals surface area contributed by atoms with E-state index in [1.807, 2.05) is 12.1 Å². The molecule has 5 nitrogen and oxygen atoms in total. The minimum atomic E-state index is -0.574. The number of nitrogens with zero attached hydrogens (tertiary/aromatic N) is 1. The molecular formula is C20H15BrClFN2O3. The van der Waals surface area contributed by atoms with E-state index in [1.165, 1.54) is 35.0 Å². The Hall–Kier alpha value is -2.64. The Morgan fingerprint density at radius 2 is 1.96 bits per heavy atom. The van der Waals surface area contributed by atoms with Gasteiger partial charge in [-0.25, -0.2) is 4.39 Å². The summed E-state index contributed by atoms with van der Waals surface area (Å²) in [6.45, 7) is -0.106. The zero-order valence-corrected chi connectivity index (χ0v) is 16.8. The van der Waals surface area contributed by atoms with E-state index in [2.05, 4.69) is 21.2 Å². The molecule has 144 valence electrons. The van der Waals surface area contributed by atoms with Crippen molar-refractivity contribution >= 4 is 39.1 Å². The number of hydrogen-bond acceptors (Lipinski definition) is 3. The normalized spacial score (nSPS) is 10.5. The minimum Gasteiger partial charge on any atom is -0.481 e. The molecule has 0 aliphatic rings. The first-order valence-electron chi connectivity index (χ1n) is 8.24. The minimum absolute atomic E-state index is 0.0259. The van der Waals surface area contributed by atoms with Gasteiger partial charge >= 0.3 is 0 Å². The summed E-state index contributed by atoms with van der Waals surface area (Å²) in [7, 11) is 0. The highest BCUT2D eigenvalue weighted by molar-refractivity contribution is 9.10. The number of aromatic nitrogens is 1. The largest absolute Gasteiger partial charge is 0.481 e. The van der Waals surface area contributed by atoms with Crippen LogP contribution in [0.2, 0.25) is 5.02 Å². The number of carbonyl (C=O) groups excluding carboxylic acids is 1. The van der Waals surface area contributed by atoms with E-state index in [4.69, 9.17) is 16.3 Å². The number of nitrogens with one attached hydrogen (secondary N) is 1. The predicted octanol–water partition coefficient (Wildman–Crippen LogP) is 4.47. The molecular weight excluding hydrogens is 451 g/mol. The molecule has 1 N–H and O–H groups in total. The van der Waals surface area contributed by atoms with Crippen LogP contribution in [0.25, 0.3) is 0 Å². The summed E-state index contributed by atoms with van der Waals surface area (Å²) in [5.41, 5.74) is 0.964. The topological polar surface area (TPSA) is 60.3 Å². The van der Waals surface area contributed by atoms with Crippen LogP contribution in [-0.4, -0.2) is 17.1 Å². The number of anilines is 1. The zero-order chi connectivity index (χ0) is 20.1. The van der Waals surface area contributed by atoms with E-state index in [1.54, 1.807) is 18.2 Å². The van der Waals surface area contributed by atoms with Crippen molar-refractivity contribution < 1.29 is 13.9 Å². The molecule has 0 aliphatic carbocycles. The molecule has 0 saturated heterocycles. The Labute approximate surface area is 173 Å². The Kier molecular flexibility index (Phi) is 6.49. The lowest BCUT2D eigenvalue weighted by Crippen LogP contribution is -2.24. The van der Waals surface area contributed by atoms with Crippen LogP contribution >= 0.6 is 27.5 Å². The predicted molar refractivity (Wildman–Crippen MR) is 109 cm³/mol. The molecule has 0 fully saturated rings. The second kappa shape index (κ2) is 9.03. The Balaban J connectivity index is 1.66. The van der Waals surface area contributed by atoms with E-state index in [0.717, 1.165) is 5.56 Å². The molecule has 1 amide bonds. The average Bonchev–Trinajstić information content (AvgIpc) is 2.65. The van der Waals surface area contributed by atoms with Gasteiger partial charge in [-0.2, -0.15) is 0 Å². The van der Waals surface area contributed by atoms with Gasteiger partial charge in [-0.15, -0.1) is 0 Å². The van der Waals surface area contributed by atoms with Gasteiger partial charge in [-0.05, 0) is 35.9 Å². The summed E-state index contributed by atoms with van der Waals surface area (Å²) in [6.07, 6.45) is 1.52. The van der Waals surface area contributed by atoms with Gasteiger partial charge in [-0.3, -0.25) is 9.59 Å². The maximum Gasteiger partial charge on any atom is 0.262 e. The summed E-state index contributed by atoms with van der Waals surface area (Å²) in [5, 5.41) is 3.17. The molecule has 0 unspecified atom stereocenters. The van der Waals surface area contributed by atoms with Crippen molar-refractivity contribution in [2.75, 3.05) is 11.9 Å². The van der Waals surface area contributed by atoms with Crippen molar-refractivity contribution in [3.8, 4) is 5.75 Å². The van der Waals surface area contributed by atoms with Crippen molar-refractivity contribution in [1.29, 1.82) is 0 Å². The van der Waals surface area contributed by atoms with Crippen molar-refractivity contribution in [3.05, 3.63) is 92.0 Å². The summed E-state index contributed by atoms with van der Waals surface area (Å²) >= 11 is 9.29. The fourth-order valence-corrected chi connectivity index (χ4v) is 3.00. The highest BCUT2D eigenvalue weighted by atomic mass is 79.9. The van der Waals surface area contributed by atoms with Crippen LogP contribution in [0.4, 0.5) is 10.1 Å². The molecule has 0 radical (unpaired) electrons. The Bertz CT molecular complexity index is 1070. The van der Waals surface area contributed by atoms with Gasteiger partial charge < -0.3 is 14.6 Å². The molecule has 3 aromatic rings. The average molecular weight is 466 g/mol. The highest BCUT2D eigenvalue weighted by Crippen LogP contribution is 2.21. The van der Waals surface area contributed by atoms with Gasteiger partial charge in [0, 0.05) is 21.8 Å². The van der Waals surface area contributed by atoms with Gasteiger partial charge in [0.2, 0.25) is 0 Å². The summed E-state index contributed by atoms with van der Waals surface area (Å²) < 4.78 is 20.9. The Morgan fingerprint density at radius 1 is 1.18 bits per heavy atom. The second-order valence-corrected chi connectivity index (χ2v) is 7.21. The molecule has 0 aliphatic heterocycles. The van der Waals surface area contributed by atoms with Gasteiger partial charge in [0.05, 0.1) is 12.2 Å². The first kappa shape index (κ1) is 20.1. The summed E-state index contributed by atoms with van der Waals surface area (Å²) in [5.74, 6) is -1.08. The smallest absolute Gasteiger partial charge is 0.262 e. The monoisotopic (exact) mass is 464 g/mol. The zero-order valence-electron chi connectivity index (χ0n) is 14.5. The number of carbonyl (C=O) groups is 1. The van der Waals surface area contributed by atoms with Gasteiger partial charge in [0.25, 0.3) is 11.5 Å². The van der Waals surface area contributed by atoms with Gasteiger partial charge in [0.1, 0.15) is 0 Å². The molecule has 0 spiro atoms. The van der Waals surface area contributed by atoms with E-state index in [9.17, 15) is 14.0 Å². The molecule has 1 aromatic heterocycles. The van der Waals surface area contributed by atoms with E-state index in [0.29, 0.717) is 15.2 Å². The van der Waals surface area contributed by atoms with Crippen molar-refractivity contribution in [3.63, 3.8) is 0 Å². The number of ether oxygens (including phenoxy) is 1. The molecule has 0 bridgehead atoms. The molecule has 3 rings (SSSR count). The molecule has 2 aromatic carbocycles.